The maximum absolute atomic E-state index is 12.6. The van der Waals surface area contributed by atoms with Crippen LogP contribution in [-0.2, 0) is 20.5 Å². The van der Waals surface area contributed by atoms with Crippen LogP contribution in [0.5, 0.6) is 5.75 Å². The van der Waals surface area contributed by atoms with Gasteiger partial charge in [-0.15, -0.1) is 0 Å². The highest BCUT2D eigenvalue weighted by Crippen LogP contribution is 2.29. The smallest absolute Gasteiger partial charge is 0.416 e. The SMILES string of the molecule is C[C@H](Oc1ccc(C#N)cc1)C(=O)O[C@H](C)C(=O)Nc1ccc(C(F)(F)F)cc1. The third-order valence-corrected chi connectivity index (χ3v) is 3.77. The van der Waals surface area contributed by atoms with Crippen LogP contribution in [0, 0.1) is 11.3 Å². The minimum Gasteiger partial charge on any atom is -0.479 e. The molecule has 29 heavy (non-hydrogen) atoms. The molecule has 0 heterocycles. The van der Waals surface area contributed by atoms with Crippen molar-refractivity contribution in [3.05, 3.63) is 59.7 Å². The van der Waals surface area contributed by atoms with Gasteiger partial charge in [0.2, 0.25) is 0 Å². The molecule has 2 aromatic rings. The minimum atomic E-state index is -4.48. The summed E-state index contributed by atoms with van der Waals surface area (Å²) in [5, 5.41) is 11.1. The van der Waals surface area contributed by atoms with Gasteiger partial charge in [-0.1, -0.05) is 0 Å². The Morgan fingerprint density at radius 1 is 1.00 bits per heavy atom. The number of nitrogens with one attached hydrogen (secondary N) is 1. The molecule has 2 aromatic carbocycles. The van der Waals surface area contributed by atoms with Gasteiger partial charge in [0.1, 0.15) is 5.75 Å². The fourth-order valence-electron chi connectivity index (χ4n) is 2.17. The number of carbonyl (C=O) groups excluding carboxylic acids is 2. The van der Waals surface area contributed by atoms with Crippen LogP contribution in [0.2, 0.25) is 0 Å². The fourth-order valence-corrected chi connectivity index (χ4v) is 2.17. The summed E-state index contributed by atoms with van der Waals surface area (Å²) >= 11 is 0. The molecule has 0 saturated carbocycles. The van der Waals surface area contributed by atoms with Gasteiger partial charge in [0, 0.05) is 5.69 Å². The van der Waals surface area contributed by atoms with Crippen LogP contribution >= 0.6 is 0 Å². The lowest BCUT2D eigenvalue weighted by Gasteiger charge is -2.18. The van der Waals surface area contributed by atoms with E-state index in [1.165, 1.54) is 38.1 Å². The standard InChI is InChI=1S/C20H17F3N2O4/c1-12(18(26)25-16-7-5-15(6-8-16)20(21,22)23)29-19(27)13(2)28-17-9-3-14(11-24)4-10-17/h3-10,12-13H,1-2H3,(H,25,26)/t12-,13+/m1/s1. The first kappa shape index (κ1) is 21.8. The number of carbonyl (C=O) groups is 2. The number of alkyl halides is 3. The van der Waals surface area contributed by atoms with Crippen LogP contribution in [0.4, 0.5) is 18.9 Å². The third-order valence-electron chi connectivity index (χ3n) is 3.77. The largest absolute Gasteiger partial charge is 0.479 e. The molecule has 152 valence electrons. The monoisotopic (exact) mass is 406 g/mol. The maximum atomic E-state index is 12.6. The highest BCUT2D eigenvalue weighted by atomic mass is 19.4. The highest BCUT2D eigenvalue weighted by molar-refractivity contribution is 5.95. The van der Waals surface area contributed by atoms with Gasteiger partial charge in [-0.3, -0.25) is 4.79 Å². The Bertz CT molecular complexity index is 903. The van der Waals surface area contributed by atoms with Crippen molar-refractivity contribution in [1.29, 1.82) is 5.26 Å². The summed E-state index contributed by atoms with van der Waals surface area (Å²) in [6.45, 7) is 2.76. The third kappa shape index (κ3) is 6.24. The number of anilines is 1. The lowest BCUT2D eigenvalue weighted by atomic mass is 10.2. The summed E-state index contributed by atoms with van der Waals surface area (Å²) in [6, 6.07) is 11.9. The molecule has 0 radical (unpaired) electrons. The number of ether oxygens (including phenoxy) is 2. The zero-order chi connectivity index (χ0) is 21.6. The van der Waals surface area contributed by atoms with Crippen molar-refractivity contribution in [2.75, 3.05) is 5.32 Å². The van der Waals surface area contributed by atoms with Gasteiger partial charge in [-0.25, -0.2) is 4.79 Å². The second-order valence-corrected chi connectivity index (χ2v) is 6.04. The van der Waals surface area contributed by atoms with Gasteiger partial charge < -0.3 is 14.8 Å². The summed E-state index contributed by atoms with van der Waals surface area (Å²) in [5.41, 5.74) is -0.280. The molecule has 0 aliphatic heterocycles. The topological polar surface area (TPSA) is 88.4 Å². The number of nitriles is 1. The first-order valence-corrected chi connectivity index (χ1v) is 8.45. The Balaban J connectivity index is 1.89. The summed E-state index contributed by atoms with van der Waals surface area (Å²) in [6.07, 6.45) is -6.70. The molecule has 2 rings (SSSR count). The van der Waals surface area contributed by atoms with Crippen LogP contribution in [-0.4, -0.2) is 24.1 Å². The highest BCUT2D eigenvalue weighted by Gasteiger charge is 2.30. The molecule has 1 N–H and O–H groups in total. The maximum Gasteiger partial charge on any atom is 0.416 e. The Kier molecular flexibility index (Phi) is 6.83. The normalized spacial score (nSPS) is 13.0. The Labute approximate surface area is 164 Å². The zero-order valence-corrected chi connectivity index (χ0v) is 15.5. The first-order chi connectivity index (χ1) is 13.6. The van der Waals surface area contributed by atoms with Crippen molar-refractivity contribution >= 4 is 17.6 Å². The first-order valence-electron chi connectivity index (χ1n) is 8.45. The fraction of sp³-hybridized carbons (Fsp3) is 0.250. The molecule has 1 amide bonds. The molecule has 0 saturated heterocycles. The van der Waals surface area contributed by atoms with E-state index in [1.807, 2.05) is 6.07 Å². The van der Waals surface area contributed by atoms with Crippen LogP contribution < -0.4 is 10.1 Å². The number of esters is 1. The second-order valence-electron chi connectivity index (χ2n) is 6.04. The molecule has 9 heteroatoms. The van der Waals surface area contributed by atoms with Gasteiger partial charge in [0.25, 0.3) is 5.91 Å². The molecule has 0 aromatic heterocycles. The number of hydrogen-bond donors (Lipinski definition) is 1. The van der Waals surface area contributed by atoms with Crippen LogP contribution in [0.25, 0.3) is 0 Å². The number of hydrogen-bond acceptors (Lipinski definition) is 5. The van der Waals surface area contributed by atoms with E-state index in [9.17, 15) is 22.8 Å². The quantitative estimate of drug-likeness (QED) is 0.735. The zero-order valence-electron chi connectivity index (χ0n) is 15.5. The van der Waals surface area contributed by atoms with Gasteiger partial charge >= 0.3 is 12.1 Å². The van der Waals surface area contributed by atoms with Crippen LogP contribution in [0.3, 0.4) is 0 Å². The van der Waals surface area contributed by atoms with Crippen LogP contribution in [0.15, 0.2) is 48.5 Å². The molecule has 2 atom stereocenters. The van der Waals surface area contributed by atoms with Crippen molar-refractivity contribution in [2.45, 2.75) is 32.2 Å². The Morgan fingerprint density at radius 3 is 2.10 bits per heavy atom. The van der Waals surface area contributed by atoms with E-state index in [-0.39, 0.29) is 5.69 Å². The van der Waals surface area contributed by atoms with Crippen molar-refractivity contribution in [1.82, 2.24) is 0 Å². The number of benzene rings is 2. The number of amides is 1. The number of nitrogens with zero attached hydrogens (tertiary/aromatic N) is 1. The average Bonchev–Trinajstić information content (AvgIpc) is 2.68. The number of halogens is 3. The molecular weight excluding hydrogens is 389 g/mol. The lowest BCUT2D eigenvalue weighted by Crippen LogP contribution is -2.35. The second kappa shape index (κ2) is 9.10. The van der Waals surface area contributed by atoms with E-state index in [0.717, 1.165) is 24.3 Å². The van der Waals surface area contributed by atoms with E-state index < -0.39 is 35.8 Å². The van der Waals surface area contributed by atoms with Crippen molar-refractivity contribution < 1.29 is 32.2 Å². The predicted molar refractivity (Wildman–Crippen MR) is 96.9 cm³/mol. The van der Waals surface area contributed by atoms with E-state index >= 15 is 0 Å². The number of rotatable bonds is 6. The summed E-state index contributed by atoms with van der Waals surface area (Å²) in [7, 11) is 0. The lowest BCUT2D eigenvalue weighted by molar-refractivity contribution is -0.159. The Morgan fingerprint density at radius 2 is 1.59 bits per heavy atom. The molecule has 0 aliphatic rings. The summed E-state index contributed by atoms with van der Waals surface area (Å²) < 4.78 is 48.1. The van der Waals surface area contributed by atoms with E-state index in [0.29, 0.717) is 11.3 Å². The van der Waals surface area contributed by atoms with Gasteiger partial charge in [-0.05, 0) is 62.4 Å². The van der Waals surface area contributed by atoms with E-state index in [1.54, 1.807) is 0 Å². The molecule has 0 spiro atoms. The molecule has 0 aliphatic carbocycles. The molecule has 6 nitrogen and oxygen atoms in total. The summed E-state index contributed by atoms with van der Waals surface area (Å²) in [5.74, 6) is -1.16. The van der Waals surface area contributed by atoms with Gasteiger partial charge in [-0.2, -0.15) is 18.4 Å². The van der Waals surface area contributed by atoms with Crippen molar-refractivity contribution in [3.63, 3.8) is 0 Å². The molecule has 0 fully saturated rings. The minimum absolute atomic E-state index is 0.132. The van der Waals surface area contributed by atoms with Crippen molar-refractivity contribution in [2.24, 2.45) is 0 Å². The molecular formula is C20H17F3N2O4. The van der Waals surface area contributed by atoms with Crippen LogP contribution in [0.1, 0.15) is 25.0 Å². The Hall–Kier alpha value is -3.54. The molecule has 0 bridgehead atoms. The van der Waals surface area contributed by atoms with Gasteiger partial charge in [0.05, 0.1) is 17.2 Å². The van der Waals surface area contributed by atoms with E-state index in [4.69, 9.17) is 14.7 Å². The van der Waals surface area contributed by atoms with Gasteiger partial charge in [0.15, 0.2) is 12.2 Å². The predicted octanol–water partition coefficient (Wildman–Crippen LogP) is 3.91. The summed E-state index contributed by atoms with van der Waals surface area (Å²) in [4.78, 5) is 24.2. The van der Waals surface area contributed by atoms with E-state index in [2.05, 4.69) is 5.32 Å². The average molecular weight is 406 g/mol. The molecule has 0 unspecified atom stereocenters. The van der Waals surface area contributed by atoms with Crippen molar-refractivity contribution in [3.8, 4) is 11.8 Å².